The summed E-state index contributed by atoms with van der Waals surface area (Å²) in [7, 11) is 0. The molecule has 0 bridgehead atoms. The van der Waals surface area contributed by atoms with Gasteiger partial charge in [-0.15, -0.1) is 10.2 Å². The van der Waals surface area contributed by atoms with Crippen molar-refractivity contribution >= 4 is 22.4 Å². The SMILES string of the molecule is Cc1noc(C)c1COc1ccc(C(=O)Nc2nnc(C(C)C)s2)cc1. The molecule has 2 heterocycles. The maximum absolute atomic E-state index is 12.3. The molecule has 136 valence electrons. The number of hydrogen-bond donors (Lipinski definition) is 1. The number of carbonyl (C=O) groups is 1. The molecule has 3 aromatic rings. The summed E-state index contributed by atoms with van der Waals surface area (Å²) >= 11 is 1.38. The van der Waals surface area contributed by atoms with Crippen LogP contribution < -0.4 is 10.1 Å². The van der Waals surface area contributed by atoms with E-state index in [-0.39, 0.29) is 11.8 Å². The van der Waals surface area contributed by atoms with Crippen LogP contribution in [0.1, 0.15) is 52.1 Å². The second kappa shape index (κ2) is 7.65. The van der Waals surface area contributed by atoms with Crippen LogP contribution in [0, 0.1) is 13.8 Å². The van der Waals surface area contributed by atoms with Gasteiger partial charge in [-0.1, -0.05) is 30.3 Å². The van der Waals surface area contributed by atoms with Gasteiger partial charge in [-0.2, -0.15) is 0 Å². The fraction of sp³-hybridized carbons (Fsp3) is 0.333. The van der Waals surface area contributed by atoms with Crippen molar-refractivity contribution in [2.45, 2.75) is 40.2 Å². The molecule has 0 spiro atoms. The number of ether oxygens (including phenoxy) is 1. The number of anilines is 1. The van der Waals surface area contributed by atoms with Gasteiger partial charge in [-0.3, -0.25) is 10.1 Å². The smallest absolute Gasteiger partial charge is 0.257 e. The van der Waals surface area contributed by atoms with Crippen LogP contribution in [0.15, 0.2) is 28.8 Å². The van der Waals surface area contributed by atoms with E-state index in [0.29, 0.717) is 23.1 Å². The molecule has 0 aliphatic heterocycles. The molecule has 0 saturated heterocycles. The molecule has 1 amide bonds. The molecule has 2 aromatic heterocycles. The average Bonchev–Trinajstić information content (AvgIpc) is 3.21. The largest absolute Gasteiger partial charge is 0.489 e. The molecule has 0 saturated carbocycles. The first-order valence-corrected chi connectivity index (χ1v) is 9.05. The second-order valence-electron chi connectivity index (χ2n) is 6.17. The summed E-state index contributed by atoms with van der Waals surface area (Å²) < 4.78 is 10.9. The van der Waals surface area contributed by atoms with E-state index in [1.807, 2.05) is 27.7 Å². The minimum absolute atomic E-state index is 0.228. The number of nitrogens with zero attached hydrogens (tertiary/aromatic N) is 3. The highest BCUT2D eigenvalue weighted by Gasteiger charge is 2.13. The summed E-state index contributed by atoms with van der Waals surface area (Å²) in [6.07, 6.45) is 0. The third-order valence-corrected chi connectivity index (χ3v) is 4.98. The average molecular weight is 372 g/mol. The highest BCUT2D eigenvalue weighted by Crippen LogP contribution is 2.23. The van der Waals surface area contributed by atoms with Gasteiger partial charge in [0.05, 0.1) is 11.3 Å². The lowest BCUT2D eigenvalue weighted by Crippen LogP contribution is -2.11. The predicted molar refractivity (Wildman–Crippen MR) is 98.7 cm³/mol. The monoisotopic (exact) mass is 372 g/mol. The Bertz CT molecular complexity index is 880. The summed E-state index contributed by atoms with van der Waals surface area (Å²) in [6, 6.07) is 6.93. The van der Waals surface area contributed by atoms with E-state index in [2.05, 4.69) is 20.7 Å². The quantitative estimate of drug-likeness (QED) is 0.701. The fourth-order valence-corrected chi connectivity index (χ4v) is 2.99. The number of benzene rings is 1. The topological polar surface area (TPSA) is 90.1 Å². The lowest BCUT2D eigenvalue weighted by Gasteiger charge is -2.07. The van der Waals surface area contributed by atoms with Crippen LogP contribution in [0.2, 0.25) is 0 Å². The van der Waals surface area contributed by atoms with Crippen LogP contribution in [-0.4, -0.2) is 21.3 Å². The Morgan fingerprint density at radius 3 is 2.54 bits per heavy atom. The van der Waals surface area contributed by atoms with Gasteiger partial charge < -0.3 is 9.26 Å². The molecular weight excluding hydrogens is 352 g/mol. The van der Waals surface area contributed by atoms with Gasteiger partial charge in [0.2, 0.25) is 5.13 Å². The van der Waals surface area contributed by atoms with Gasteiger partial charge >= 0.3 is 0 Å². The molecule has 0 aliphatic rings. The molecule has 1 N–H and O–H groups in total. The van der Waals surface area contributed by atoms with Gasteiger partial charge in [0, 0.05) is 11.5 Å². The summed E-state index contributed by atoms with van der Waals surface area (Å²) in [4.78, 5) is 12.3. The second-order valence-corrected chi connectivity index (χ2v) is 7.18. The molecule has 1 aromatic carbocycles. The van der Waals surface area contributed by atoms with Crippen molar-refractivity contribution in [3.05, 3.63) is 51.9 Å². The summed E-state index contributed by atoms with van der Waals surface area (Å²) in [5.74, 6) is 1.47. The summed E-state index contributed by atoms with van der Waals surface area (Å²) in [5, 5.41) is 16.1. The maximum atomic E-state index is 12.3. The Kier molecular flexibility index (Phi) is 5.32. The van der Waals surface area contributed by atoms with E-state index >= 15 is 0 Å². The van der Waals surface area contributed by atoms with Crippen LogP contribution in [-0.2, 0) is 6.61 Å². The fourth-order valence-electron chi connectivity index (χ4n) is 2.25. The van der Waals surface area contributed by atoms with E-state index in [4.69, 9.17) is 9.26 Å². The van der Waals surface area contributed by atoms with Crippen molar-refractivity contribution < 1.29 is 14.1 Å². The van der Waals surface area contributed by atoms with Crippen molar-refractivity contribution in [2.75, 3.05) is 5.32 Å². The van der Waals surface area contributed by atoms with Crippen LogP contribution >= 0.6 is 11.3 Å². The van der Waals surface area contributed by atoms with E-state index in [1.54, 1.807) is 24.3 Å². The number of aromatic nitrogens is 3. The maximum Gasteiger partial charge on any atom is 0.257 e. The molecule has 7 nitrogen and oxygen atoms in total. The van der Waals surface area contributed by atoms with E-state index < -0.39 is 0 Å². The number of nitrogens with one attached hydrogen (secondary N) is 1. The lowest BCUT2D eigenvalue weighted by molar-refractivity contribution is 0.102. The highest BCUT2D eigenvalue weighted by atomic mass is 32.1. The predicted octanol–water partition coefficient (Wildman–Crippen LogP) is 4.10. The molecule has 26 heavy (non-hydrogen) atoms. The normalized spacial score (nSPS) is 11.0. The van der Waals surface area contributed by atoms with E-state index in [1.165, 1.54) is 11.3 Å². The number of aryl methyl sites for hydroxylation is 2. The Hall–Kier alpha value is -2.74. The molecule has 0 unspecified atom stereocenters. The molecule has 3 rings (SSSR count). The first-order valence-electron chi connectivity index (χ1n) is 8.23. The van der Waals surface area contributed by atoms with Gasteiger partial charge in [0.1, 0.15) is 23.1 Å². The molecule has 0 radical (unpaired) electrons. The molecule has 8 heteroatoms. The van der Waals surface area contributed by atoms with Crippen molar-refractivity contribution in [1.29, 1.82) is 0 Å². The first kappa shape index (κ1) is 18.1. The summed E-state index contributed by atoms with van der Waals surface area (Å²) in [5.41, 5.74) is 2.27. The minimum Gasteiger partial charge on any atom is -0.489 e. The number of amides is 1. The zero-order valence-electron chi connectivity index (χ0n) is 15.1. The molecular formula is C18H20N4O3S. The Morgan fingerprint density at radius 2 is 1.96 bits per heavy atom. The van der Waals surface area contributed by atoms with Gasteiger partial charge in [0.15, 0.2) is 0 Å². The summed E-state index contributed by atoms with van der Waals surface area (Å²) in [6.45, 7) is 8.17. The van der Waals surface area contributed by atoms with Crippen LogP contribution in [0.3, 0.4) is 0 Å². The standard InChI is InChI=1S/C18H20N4O3S/c1-10(2)17-20-21-18(26-17)19-16(23)13-5-7-14(8-6-13)24-9-15-11(3)22-25-12(15)4/h5-8,10H,9H2,1-4H3,(H,19,21,23). The molecule has 0 fully saturated rings. The number of carbonyl (C=O) groups excluding carboxylic acids is 1. The van der Waals surface area contributed by atoms with Crippen LogP contribution in [0.25, 0.3) is 0 Å². The molecule has 0 aliphatic carbocycles. The minimum atomic E-state index is -0.228. The van der Waals surface area contributed by atoms with Crippen LogP contribution in [0.5, 0.6) is 5.75 Å². The van der Waals surface area contributed by atoms with Crippen molar-refractivity contribution in [3.63, 3.8) is 0 Å². The third-order valence-electron chi connectivity index (χ3n) is 3.84. The lowest BCUT2D eigenvalue weighted by atomic mass is 10.2. The molecule has 0 atom stereocenters. The zero-order chi connectivity index (χ0) is 18.7. The van der Waals surface area contributed by atoms with Crippen molar-refractivity contribution in [2.24, 2.45) is 0 Å². The number of hydrogen-bond acceptors (Lipinski definition) is 7. The van der Waals surface area contributed by atoms with E-state index in [9.17, 15) is 4.79 Å². The van der Waals surface area contributed by atoms with Gasteiger partial charge in [0.25, 0.3) is 5.91 Å². The Morgan fingerprint density at radius 1 is 1.23 bits per heavy atom. The van der Waals surface area contributed by atoms with Crippen molar-refractivity contribution in [1.82, 2.24) is 15.4 Å². The van der Waals surface area contributed by atoms with Gasteiger partial charge in [-0.25, -0.2) is 0 Å². The highest BCUT2D eigenvalue weighted by molar-refractivity contribution is 7.15. The van der Waals surface area contributed by atoms with Crippen molar-refractivity contribution in [3.8, 4) is 5.75 Å². The number of rotatable bonds is 6. The Balaban J connectivity index is 1.60. The van der Waals surface area contributed by atoms with Crippen LogP contribution in [0.4, 0.5) is 5.13 Å². The first-order chi connectivity index (χ1) is 12.4. The third kappa shape index (κ3) is 4.08. The Labute approximate surface area is 155 Å². The van der Waals surface area contributed by atoms with E-state index in [0.717, 1.165) is 22.0 Å². The van der Waals surface area contributed by atoms with Gasteiger partial charge in [-0.05, 0) is 38.1 Å². The zero-order valence-corrected chi connectivity index (χ0v) is 15.9.